The smallest absolute Gasteiger partial charge is 0.355 e. The van der Waals surface area contributed by atoms with Crippen molar-refractivity contribution in [2.24, 2.45) is 0 Å². The molecule has 44 heavy (non-hydrogen) atoms. The van der Waals surface area contributed by atoms with Gasteiger partial charge in [-0.3, -0.25) is 14.4 Å². The van der Waals surface area contributed by atoms with Crippen molar-refractivity contribution in [3.8, 4) is 17.1 Å². The maximum atomic E-state index is 13.7. The SMILES string of the molecule is CCCS(=O)(=O)Oc1ccc2nc3c(cc2c1)Cn1c-3cc2c(c1=O)COC(=O)[C@@]2(CC)OC(=O)CNC(=O)/C=C/C(=O)O. The van der Waals surface area contributed by atoms with Gasteiger partial charge in [-0.05, 0) is 43.2 Å². The predicted octanol–water partition coefficient (Wildman–Crippen LogP) is 1.51. The van der Waals surface area contributed by atoms with Crippen molar-refractivity contribution in [1.29, 1.82) is 0 Å². The lowest BCUT2D eigenvalue weighted by molar-refractivity contribution is -0.189. The standard InChI is InChI=1S/C29H27N3O11S/c1-3-9-44(39,40)43-18-5-6-21-16(11-18)10-17-14-32-22(26(17)31-21)12-20-19(27(32)37)15-41-28(38)29(20,4-2)42-25(36)13-30-23(33)7-8-24(34)35/h5-8,10-12H,3-4,9,13-15H2,1-2H3,(H,30,33)(H,34,35)/b8-7+/t29-/m0/s1. The third-order valence-corrected chi connectivity index (χ3v) is 8.55. The number of hydrogen-bond donors (Lipinski definition) is 2. The Morgan fingerprint density at radius 3 is 2.64 bits per heavy atom. The summed E-state index contributed by atoms with van der Waals surface area (Å²) in [5.74, 6) is -4.12. The summed E-state index contributed by atoms with van der Waals surface area (Å²) < 4.78 is 41.8. The number of aromatic nitrogens is 2. The molecule has 0 saturated carbocycles. The third-order valence-electron chi connectivity index (χ3n) is 7.20. The van der Waals surface area contributed by atoms with Crippen LogP contribution in [0.4, 0.5) is 0 Å². The number of ether oxygens (including phenoxy) is 2. The summed E-state index contributed by atoms with van der Waals surface area (Å²) in [6, 6.07) is 7.98. The zero-order valence-corrected chi connectivity index (χ0v) is 24.4. The summed E-state index contributed by atoms with van der Waals surface area (Å²) in [6.07, 6.45) is 1.62. The first-order valence-electron chi connectivity index (χ1n) is 13.6. The van der Waals surface area contributed by atoms with E-state index < -0.39 is 51.6 Å². The Hall–Kier alpha value is -5.05. The fourth-order valence-corrected chi connectivity index (χ4v) is 6.19. The van der Waals surface area contributed by atoms with Crippen LogP contribution in [0.25, 0.3) is 22.3 Å². The molecule has 2 aliphatic heterocycles. The Labute approximate surface area is 250 Å². The second-order valence-electron chi connectivity index (χ2n) is 10.1. The van der Waals surface area contributed by atoms with E-state index in [-0.39, 0.29) is 42.2 Å². The molecule has 1 atom stereocenters. The van der Waals surface area contributed by atoms with Gasteiger partial charge < -0.3 is 28.6 Å². The molecule has 2 N–H and O–H groups in total. The number of nitrogens with zero attached hydrogens (tertiary/aromatic N) is 2. The Morgan fingerprint density at radius 2 is 1.93 bits per heavy atom. The Balaban J connectivity index is 1.50. The van der Waals surface area contributed by atoms with Crippen LogP contribution in [-0.4, -0.2) is 59.2 Å². The maximum Gasteiger partial charge on any atom is 0.355 e. The van der Waals surface area contributed by atoms with E-state index in [9.17, 15) is 32.4 Å². The average molecular weight is 626 g/mol. The van der Waals surface area contributed by atoms with Crippen LogP contribution in [0.5, 0.6) is 5.75 Å². The molecular formula is C29H27N3O11S. The maximum absolute atomic E-state index is 13.7. The second kappa shape index (κ2) is 11.6. The van der Waals surface area contributed by atoms with Crippen LogP contribution in [0, 0.1) is 0 Å². The lowest BCUT2D eigenvalue weighted by Gasteiger charge is -2.35. The number of aliphatic carboxylic acids is 1. The Bertz CT molecular complexity index is 1930. The van der Waals surface area contributed by atoms with E-state index >= 15 is 0 Å². The number of benzene rings is 1. The zero-order chi connectivity index (χ0) is 31.8. The largest absolute Gasteiger partial charge is 0.478 e. The van der Waals surface area contributed by atoms with Crippen molar-refractivity contribution >= 4 is 44.8 Å². The van der Waals surface area contributed by atoms with Crippen molar-refractivity contribution in [2.75, 3.05) is 12.3 Å². The van der Waals surface area contributed by atoms with Gasteiger partial charge in [0.2, 0.25) is 11.5 Å². The van der Waals surface area contributed by atoms with Gasteiger partial charge in [-0.2, -0.15) is 8.42 Å². The summed E-state index contributed by atoms with van der Waals surface area (Å²) in [6.45, 7) is 2.42. The number of hydrogen-bond acceptors (Lipinski definition) is 11. The van der Waals surface area contributed by atoms with Gasteiger partial charge in [0.25, 0.3) is 5.56 Å². The monoisotopic (exact) mass is 625 g/mol. The summed E-state index contributed by atoms with van der Waals surface area (Å²) >= 11 is 0. The van der Waals surface area contributed by atoms with Crippen molar-refractivity contribution < 1.29 is 46.4 Å². The van der Waals surface area contributed by atoms with E-state index in [1.54, 1.807) is 38.1 Å². The lowest BCUT2D eigenvalue weighted by atomic mass is 9.85. The Kier molecular flexibility index (Phi) is 7.99. The van der Waals surface area contributed by atoms with Crippen LogP contribution in [-0.2, 0) is 57.5 Å². The minimum Gasteiger partial charge on any atom is -0.478 e. The molecule has 0 spiro atoms. The van der Waals surface area contributed by atoms with Crippen LogP contribution >= 0.6 is 0 Å². The first-order chi connectivity index (χ1) is 20.9. The number of carboxylic acid groups (broad SMARTS) is 1. The molecule has 3 aromatic rings. The highest BCUT2D eigenvalue weighted by Gasteiger charge is 2.50. The molecule has 15 heteroatoms. The van der Waals surface area contributed by atoms with Crippen molar-refractivity contribution in [3.63, 3.8) is 0 Å². The molecule has 0 radical (unpaired) electrons. The van der Waals surface area contributed by atoms with E-state index in [4.69, 9.17) is 23.7 Å². The van der Waals surface area contributed by atoms with Crippen LogP contribution in [0.3, 0.4) is 0 Å². The average Bonchev–Trinajstić information content (AvgIpc) is 3.32. The van der Waals surface area contributed by atoms with Gasteiger partial charge in [0.05, 0.1) is 34.8 Å². The zero-order valence-electron chi connectivity index (χ0n) is 23.6. The van der Waals surface area contributed by atoms with Crippen LogP contribution < -0.4 is 15.1 Å². The summed E-state index contributed by atoms with van der Waals surface area (Å²) in [5.41, 5.74) is -0.205. The normalized spacial score (nSPS) is 17.0. The molecule has 0 aliphatic carbocycles. The van der Waals surface area contributed by atoms with Gasteiger partial charge in [0, 0.05) is 28.7 Å². The fraction of sp³-hybridized carbons (Fsp3) is 0.310. The van der Waals surface area contributed by atoms with Gasteiger partial charge in [0.1, 0.15) is 18.9 Å². The first kappa shape index (κ1) is 30.4. The molecule has 0 fully saturated rings. The lowest BCUT2D eigenvalue weighted by Crippen LogP contribution is -2.48. The number of carbonyl (C=O) groups excluding carboxylic acids is 3. The minimum atomic E-state index is -3.75. The molecule has 1 aromatic carbocycles. The topological polar surface area (TPSA) is 197 Å². The van der Waals surface area contributed by atoms with Crippen molar-refractivity contribution in [3.05, 3.63) is 69.5 Å². The number of nitrogens with one attached hydrogen (secondary N) is 1. The molecule has 4 heterocycles. The van der Waals surface area contributed by atoms with E-state index in [2.05, 4.69) is 5.32 Å². The number of pyridine rings is 2. The van der Waals surface area contributed by atoms with Crippen LogP contribution in [0.15, 0.2) is 47.3 Å². The predicted molar refractivity (Wildman–Crippen MR) is 153 cm³/mol. The molecule has 0 bridgehead atoms. The number of rotatable bonds is 10. The number of carbonyl (C=O) groups is 4. The number of amides is 1. The van der Waals surface area contributed by atoms with E-state index in [1.807, 2.05) is 0 Å². The highest BCUT2D eigenvalue weighted by atomic mass is 32.2. The second-order valence-corrected chi connectivity index (χ2v) is 11.8. The van der Waals surface area contributed by atoms with Crippen molar-refractivity contribution in [1.82, 2.24) is 14.9 Å². The summed E-state index contributed by atoms with van der Waals surface area (Å²) in [7, 11) is -3.75. The highest BCUT2D eigenvalue weighted by molar-refractivity contribution is 7.87. The van der Waals surface area contributed by atoms with Gasteiger partial charge in [-0.15, -0.1) is 0 Å². The van der Waals surface area contributed by atoms with E-state index in [1.165, 1.54) is 10.6 Å². The van der Waals surface area contributed by atoms with Gasteiger partial charge in [-0.25, -0.2) is 14.6 Å². The molecule has 0 saturated heterocycles. The molecule has 14 nitrogen and oxygen atoms in total. The van der Waals surface area contributed by atoms with E-state index in [0.717, 1.165) is 6.08 Å². The summed E-state index contributed by atoms with van der Waals surface area (Å²) in [5, 5.41) is 11.4. The molecule has 2 aliphatic rings. The van der Waals surface area contributed by atoms with Crippen molar-refractivity contribution in [2.45, 2.75) is 45.4 Å². The Morgan fingerprint density at radius 1 is 1.16 bits per heavy atom. The molecule has 1 amide bonds. The van der Waals surface area contributed by atoms with Crippen LogP contribution in [0.2, 0.25) is 0 Å². The fourth-order valence-electron chi connectivity index (χ4n) is 5.21. The van der Waals surface area contributed by atoms with Gasteiger partial charge in [0.15, 0.2) is 0 Å². The van der Waals surface area contributed by atoms with E-state index in [0.29, 0.717) is 40.4 Å². The summed E-state index contributed by atoms with van der Waals surface area (Å²) in [4.78, 5) is 66.7. The number of fused-ring (bicyclic) bond motifs is 5. The van der Waals surface area contributed by atoms with Gasteiger partial charge >= 0.3 is 28.0 Å². The number of esters is 2. The molecule has 230 valence electrons. The third kappa shape index (κ3) is 5.65. The van der Waals surface area contributed by atoms with Crippen LogP contribution in [0.1, 0.15) is 43.4 Å². The minimum absolute atomic E-state index is 0.0952. The first-order valence-corrected chi connectivity index (χ1v) is 15.2. The highest BCUT2D eigenvalue weighted by Crippen LogP contribution is 2.41. The molecule has 2 aromatic heterocycles. The van der Waals surface area contributed by atoms with Gasteiger partial charge in [-0.1, -0.05) is 13.8 Å². The quantitative estimate of drug-likeness (QED) is 0.147. The number of carboxylic acids is 1. The molecular weight excluding hydrogens is 598 g/mol. The number of cyclic esters (lactones) is 1. The molecule has 0 unspecified atom stereocenters. The molecule has 5 rings (SSSR count).